The lowest BCUT2D eigenvalue weighted by Crippen LogP contribution is -2.38. The van der Waals surface area contributed by atoms with E-state index in [1.807, 2.05) is 0 Å². The molecule has 0 saturated carbocycles. The van der Waals surface area contributed by atoms with E-state index in [9.17, 15) is 19.7 Å². The average molecular weight is 366 g/mol. The van der Waals surface area contributed by atoms with E-state index >= 15 is 0 Å². The highest BCUT2D eigenvalue weighted by atomic mass is 79.9. The molecule has 0 fully saturated rings. The van der Waals surface area contributed by atoms with Gasteiger partial charge in [-0.15, -0.1) is 0 Å². The van der Waals surface area contributed by atoms with Gasteiger partial charge in [0.1, 0.15) is 5.56 Å². The maximum absolute atomic E-state index is 12.1. The van der Waals surface area contributed by atoms with Crippen LogP contribution in [0.15, 0.2) is 47.2 Å². The smallest absolute Gasteiger partial charge is 0.341 e. The fraction of sp³-hybridized carbons (Fsp3) is 0.0714. The zero-order chi connectivity index (χ0) is 16.3. The van der Waals surface area contributed by atoms with Gasteiger partial charge in [-0.1, -0.05) is 0 Å². The summed E-state index contributed by atoms with van der Waals surface area (Å²) >= 11 is 3.18. The lowest BCUT2D eigenvalue weighted by molar-refractivity contribution is -0.683. The third-order valence-corrected chi connectivity index (χ3v) is 3.29. The van der Waals surface area contributed by atoms with Crippen molar-refractivity contribution in [2.75, 3.05) is 0 Å². The predicted octanol–water partition coefficient (Wildman–Crippen LogP) is 2.23. The van der Waals surface area contributed by atoms with Crippen molar-refractivity contribution in [3.8, 4) is 0 Å². The van der Waals surface area contributed by atoms with E-state index < -0.39 is 10.9 Å². The highest BCUT2D eigenvalue weighted by Crippen LogP contribution is 2.13. The molecule has 1 aromatic carbocycles. The fourth-order valence-electron chi connectivity index (χ4n) is 1.83. The number of nitro benzene ring substituents is 1. The van der Waals surface area contributed by atoms with E-state index in [1.54, 1.807) is 6.20 Å². The number of carbonyl (C=O) groups is 2. The molecule has 0 aliphatic heterocycles. The van der Waals surface area contributed by atoms with Gasteiger partial charge in [0.25, 0.3) is 5.69 Å². The molecule has 112 valence electrons. The van der Waals surface area contributed by atoms with Gasteiger partial charge in [-0.2, -0.15) is 4.57 Å². The number of carboxylic acid groups (broad SMARTS) is 1. The second-order valence-electron chi connectivity index (χ2n) is 4.45. The monoisotopic (exact) mass is 365 g/mol. The van der Waals surface area contributed by atoms with Gasteiger partial charge < -0.3 is 5.11 Å². The van der Waals surface area contributed by atoms with Crippen molar-refractivity contribution >= 4 is 33.4 Å². The Hall–Kier alpha value is -2.61. The third kappa shape index (κ3) is 3.73. The van der Waals surface area contributed by atoms with Crippen LogP contribution >= 0.6 is 15.9 Å². The summed E-state index contributed by atoms with van der Waals surface area (Å²) in [4.78, 5) is 33.1. The number of pyridine rings is 1. The number of hydrogen-bond acceptors (Lipinski definition) is 4. The zero-order valence-electron chi connectivity index (χ0n) is 11.1. The number of hydrogen-bond donors (Lipinski definition) is 1. The van der Waals surface area contributed by atoms with Crippen LogP contribution in [-0.2, 0) is 6.54 Å². The summed E-state index contributed by atoms with van der Waals surface area (Å²) in [5.41, 5.74) is 0.264. The Bertz CT molecular complexity index is 758. The molecular weight excluding hydrogens is 356 g/mol. The quantitative estimate of drug-likeness (QED) is 0.378. The number of carbonyl (C=O) groups excluding carboxylic acids is 1. The van der Waals surface area contributed by atoms with Crippen molar-refractivity contribution in [2.45, 2.75) is 6.54 Å². The van der Waals surface area contributed by atoms with Gasteiger partial charge in [0, 0.05) is 17.7 Å². The third-order valence-electron chi connectivity index (χ3n) is 2.86. The topological polar surface area (TPSA) is 101 Å². The molecule has 2 aromatic rings. The van der Waals surface area contributed by atoms with Gasteiger partial charge in [-0.05, 0) is 34.1 Å². The summed E-state index contributed by atoms with van der Waals surface area (Å²) in [5, 5.41) is 19.6. The number of nitrogens with zero attached hydrogens (tertiary/aromatic N) is 2. The molecule has 22 heavy (non-hydrogen) atoms. The Labute approximate surface area is 133 Å². The van der Waals surface area contributed by atoms with Crippen molar-refractivity contribution in [1.82, 2.24) is 0 Å². The summed E-state index contributed by atoms with van der Waals surface area (Å²) in [7, 11) is 0. The molecule has 0 unspecified atom stereocenters. The maximum atomic E-state index is 12.1. The summed E-state index contributed by atoms with van der Waals surface area (Å²) < 4.78 is 1.97. The van der Waals surface area contributed by atoms with Crippen LogP contribution in [0.1, 0.15) is 20.7 Å². The van der Waals surface area contributed by atoms with Crippen LogP contribution in [0.4, 0.5) is 5.69 Å². The molecule has 1 N–H and O–H groups in total. The average Bonchev–Trinajstić information content (AvgIpc) is 2.46. The zero-order valence-corrected chi connectivity index (χ0v) is 12.7. The highest BCUT2D eigenvalue weighted by Gasteiger charge is 2.17. The molecule has 0 spiro atoms. The minimum absolute atomic E-state index is 0.0471. The standard InChI is InChI=1S/C14H9BrN2O5/c15-11-5-10(14(19)20)6-16(7-11)8-13(18)9-1-3-12(4-2-9)17(21)22/h1-7H,8H2/p+1. The lowest BCUT2D eigenvalue weighted by atomic mass is 10.1. The molecule has 8 heteroatoms. The first-order chi connectivity index (χ1) is 10.4. The number of halogens is 1. The Balaban J connectivity index is 2.21. The van der Waals surface area contributed by atoms with Crippen LogP contribution in [0, 0.1) is 10.1 Å². The van der Waals surface area contributed by atoms with Crippen molar-refractivity contribution in [3.05, 3.63) is 68.4 Å². The highest BCUT2D eigenvalue weighted by molar-refractivity contribution is 9.10. The Morgan fingerprint density at radius 3 is 2.36 bits per heavy atom. The van der Waals surface area contributed by atoms with Crippen LogP contribution < -0.4 is 4.57 Å². The second-order valence-corrected chi connectivity index (χ2v) is 5.36. The molecule has 0 saturated heterocycles. The molecular formula is C14H10BrN2O5+. The molecule has 2 rings (SSSR count). The van der Waals surface area contributed by atoms with Gasteiger partial charge >= 0.3 is 5.97 Å². The molecule has 0 aliphatic carbocycles. The van der Waals surface area contributed by atoms with Crippen LogP contribution in [-0.4, -0.2) is 21.8 Å². The van der Waals surface area contributed by atoms with Crippen LogP contribution in [0.2, 0.25) is 0 Å². The van der Waals surface area contributed by atoms with E-state index in [0.717, 1.165) is 0 Å². The molecule has 0 aliphatic rings. The van der Waals surface area contributed by atoms with Gasteiger partial charge in [0.2, 0.25) is 12.3 Å². The van der Waals surface area contributed by atoms with E-state index in [0.29, 0.717) is 10.0 Å². The van der Waals surface area contributed by atoms with E-state index in [2.05, 4.69) is 15.9 Å². The van der Waals surface area contributed by atoms with E-state index in [-0.39, 0.29) is 23.6 Å². The van der Waals surface area contributed by atoms with Crippen molar-refractivity contribution in [2.24, 2.45) is 0 Å². The van der Waals surface area contributed by atoms with Gasteiger partial charge in [0.05, 0.1) is 9.40 Å². The largest absolute Gasteiger partial charge is 0.477 e. The number of ketones is 1. The molecule has 1 aromatic heterocycles. The van der Waals surface area contributed by atoms with E-state index in [1.165, 1.54) is 41.1 Å². The summed E-state index contributed by atoms with van der Waals surface area (Å²) in [5.74, 6) is -1.38. The van der Waals surface area contributed by atoms with E-state index in [4.69, 9.17) is 5.11 Å². The van der Waals surface area contributed by atoms with Crippen LogP contribution in [0.25, 0.3) is 0 Å². The summed E-state index contributed by atoms with van der Waals surface area (Å²) in [6, 6.07) is 6.67. The number of benzene rings is 1. The molecule has 0 amide bonds. The van der Waals surface area contributed by atoms with Crippen molar-refractivity contribution in [3.63, 3.8) is 0 Å². The van der Waals surface area contributed by atoms with Crippen molar-refractivity contribution in [1.29, 1.82) is 0 Å². The maximum Gasteiger partial charge on any atom is 0.341 e. The number of Topliss-reactive ketones (excluding diaryl/α,β-unsaturated/α-hetero) is 1. The predicted molar refractivity (Wildman–Crippen MR) is 78.7 cm³/mol. The van der Waals surface area contributed by atoms with Gasteiger partial charge in [-0.3, -0.25) is 14.9 Å². The number of nitro groups is 1. The Morgan fingerprint density at radius 1 is 1.18 bits per heavy atom. The number of non-ortho nitro benzene ring substituents is 1. The SMILES string of the molecule is O=C(O)c1cc(Br)c[n+](CC(=O)c2ccc([N+](=O)[O-])cc2)c1. The number of carboxylic acids is 1. The summed E-state index contributed by atoms with van der Waals surface area (Å²) in [6.45, 7) is -0.0719. The minimum Gasteiger partial charge on any atom is -0.477 e. The number of rotatable bonds is 5. The lowest BCUT2D eigenvalue weighted by Gasteiger charge is -2.00. The van der Waals surface area contributed by atoms with Crippen LogP contribution in [0.3, 0.4) is 0 Å². The normalized spacial score (nSPS) is 10.2. The first-order valence-electron chi connectivity index (χ1n) is 6.07. The molecule has 0 radical (unpaired) electrons. The Kier molecular flexibility index (Phi) is 4.62. The Morgan fingerprint density at radius 2 is 1.82 bits per heavy atom. The fourth-order valence-corrected chi connectivity index (χ4v) is 2.34. The van der Waals surface area contributed by atoms with Crippen molar-refractivity contribution < 1.29 is 24.2 Å². The second kappa shape index (κ2) is 6.44. The molecule has 0 bridgehead atoms. The first-order valence-corrected chi connectivity index (χ1v) is 6.86. The molecule has 1 heterocycles. The minimum atomic E-state index is -1.10. The van der Waals surface area contributed by atoms with Gasteiger partial charge in [0.15, 0.2) is 12.4 Å². The summed E-state index contributed by atoms with van der Waals surface area (Å²) in [6.07, 6.45) is 2.92. The first kappa shape index (κ1) is 15.8. The molecule has 7 nitrogen and oxygen atoms in total. The van der Waals surface area contributed by atoms with Gasteiger partial charge in [-0.25, -0.2) is 4.79 Å². The number of aromatic carboxylic acids is 1. The number of aromatic nitrogens is 1. The molecule has 0 atom stereocenters. The van der Waals surface area contributed by atoms with Crippen LogP contribution in [0.5, 0.6) is 0 Å².